The van der Waals surface area contributed by atoms with E-state index in [1.54, 1.807) is 0 Å². The van der Waals surface area contributed by atoms with Crippen LogP contribution in [0.3, 0.4) is 0 Å². The van der Waals surface area contributed by atoms with Gasteiger partial charge >= 0.3 is 0 Å². The van der Waals surface area contributed by atoms with Gasteiger partial charge in [-0.15, -0.1) is 0 Å². The molecule has 5 heteroatoms. The number of carbonyl (C=O) groups excluding carboxylic acids is 1. The third kappa shape index (κ3) is 3.17. The zero-order valence-corrected chi connectivity index (χ0v) is 18.1. The molecule has 1 amide bonds. The molecule has 1 aliphatic heterocycles. The number of rotatable bonds is 3. The summed E-state index contributed by atoms with van der Waals surface area (Å²) in [5.41, 5.74) is 5.21. The molecule has 1 aliphatic rings. The van der Waals surface area contributed by atoms with Gasteiger partial charge in [0.25, 0.3) is 5.91 Å². The molecule has 2 N–H and O–H groups in total. The van der Waals surface area contributed by atoms with Crippen LogP contribution in [0.25, 0.3) is 27.5 Å². The van der Waals surface area contributed by atoms with E-state index < -0.39 is 0 Å². The van der Waals surface area contributed by atoms with E-state index in [0.717, 1.165) is 44.7 Å². The van der Waals surface area contributed by atoms with Crippen LogP contribution in [0.2, 0.25) is 0 Å². The summed E-state index contributed by atoms with van der Waals surface area (Å²) >= 11 is 0. The van der Waals surface area contributed by atoms with Crippen molar-refractivity contribution in [1.82, 2.24) is 9.55 Å². The number of benzene rings is 4. The van der Waals surface area contributed by atoms with E-state index in [9.17, 15) is 4.79 Å². The average molecular weight is 431 g/mol. The van der Waals surface area contributed by atoms with Crippen LogP contribution in [0.1, 0.15) is 18.5 Å². The number of carbonyl (C=O) groups is 1. The van der Waals surface area contributed by atoms with Gasteiger partial charge in [-0.2, -0.15) is 0 Å². The Kier molecular flexibility index (Phi) is 4.47. The first-order valence-corrected chi connectivity index (χ1v) is 11.0. The number of anilines is 2. The number of hydrogen-bond acceptors (Lipinski definition) is 3. The number of nitrogens with zero attached hydrogens (tertiary/aromatic N) is 2. The number of nitrogens with one attached hydrogen (secondary N) is 2. The van der Waals surface area contributed by atoms with Crippen LogP contribution in [-0.2, 0) is 4.79 Å². The second kappa shape index (κ2) is 7.64. The highest BCUT2D eigenvalue weighted by Crippen LogP contribution is 2.40. The van der Waals surface area contributed by atoms with E-state index in [-0.39, 0.29) is 11.9 Å². The Bertz CT molecular complexity index is 1540. The first kappa shape index (κ1) is 19.3. The highest BCUT2D eigenvalue weighted by molar-refractivity contribution is 6.10. The summed E-state index contributed by atoms with van der Waals surface area (Å²) in [6.45, 7) is 2.00. The molecular formula is C28H22N4O. The van der Waals surface area contributed by atoms with Gasteiger partial charge in [0.2, 0.25) is 5.95 Å². The van der Waals surface area contributed by atoms with Crippen molar-refractivity contribution < 1.29 is 4.79 Å². The van der Waals surface area contributed by atoms with Gasteiger partial charge in [-0.3, -0.25) is 9.36 Å². The molecule has 33 heavy (non-hydrogen) atoms. The SMILES string of the molecule is CC1=C(C(=O)Nc2ccccc2)[C@H](c2cccc3ccccc23)Nc2nc3ccccc3n21. The summed E-state index contributed by atoms with van der Waals surface area (Å²) in [7, 11) is 0. The minimum atomic E-state index is -0.343. The Balaban J connectivity index is 1.57. The first-order valence-electron chi connectivity index (χ1n) is 11.0. The normalized spacial score (nSPS) is 15.4. The molecule has 0 bridgehead atoms. The molecule has 4 aromatic carbocycles. The van der Waals surface area contributed by atoms with Crippen molar-refractivity contribution in [3.05, 3.63) is 108 Å². The zero-order valence-electron chi connectivity index (χ0n) is 18.1. The lowest BCUT2D eigenvalue weighted by atomic mass is 9.91. The van der Waals surface area contributed by atoms with Gasteiger partial charge in [0, 0.05) is 11.4 Å². The largest absolute Gasteiger partial charge is 0.344 e. The third-order valence-corrected chi connectivity index (χ3v) is 6.26. The van der Waals surface area contributed by atoms with Crippen molar-refractivity contribution in [1.29, 1.82) is 0 Å². The lowest BCUT2D eigenvalue weighted by Crippen LogP contribution is -2.30. The molecular weight excluding hydrogens is 408 g/mol. The van der Waals surface area contributed by atoms with Crippen molar-refractivity contribution in [3.8, 4) is 0 Å². The molecule has 2 heterocycles. The van der Waals surface area contributed by atoms with Crippen LogP contribution >= 0.6 is 0 Å². The van der Waals surface area contributed by atoms with E-state index in [4.69, 9.17) is 4.98 Å². The molecule has 1 aromatic heterocycles. The topological polar surface area (TPSA) is 59.0 Å². The number of fused-ring (bicyclic) bond motifs is 4. The highest BCUT2D eigenvalue weighted by atomic mass is 16.1. The lowest BCUT2D eigenvalue weighted by molar-refractivity contribution is -0.113. The van der Waals surface area contributed by atoms with E-state index >= 15 is 0 Å². The van der Waals surface area contributed by atoms with Crippen LogP contribution in [0.5, 0.6) is 0 Å². The lowest BCUT2D eigenvalue weighted by Gasteiger charge is -2.30. The summed E-state index contributed by atoms with van der Waals surface area (Å²) < 4.78 is 2.04. The van der Waals surface area contributed by atoms with Crippen LogP contribution in [0.4, 0.5) is 11.6 Å². The van der Waals surface area contributed by atoms with E-state index in [0.29, 0.717) is 5.57 Å². The average Bonchev–Trinajstić information content (AvgIpc) is 3.23. The Hall–Kier alpha value is -4.38. The fourth-order valence-corrected chi connectivity index (χ4v) is 4.74. The summed E-state index contributed by atoms with van der Waals surface area (Å²) in [5.74, 6) is 0.607. The van der Waals surface area contributed by atoms with Crippen LogP contribution < -0.4 is 10.6 Å². The maximum Gasteiger partial charge on any atom is 0.255 e. The fraction of sp³-hybridized carbons (Fsp3) is 0.0714. The molecule has 5 nitrogen and oxygen atoms in total. The molecule has 0 saturated carbocycles. The Morgan fingerprint density at radius 1 is 0.879 bits per heavy atom. The van der Waals surface area contributed by atoms with Gasteiger partial charge < -0.3 is 10.6 Å². The molecule has 0 spiro atoms. The molecule has 0 aliphatic carbocycles. The van der Waals surface area contributed by atoms with Crippen molar-refractivity contribution in [2.24, 2.45) is 0 Å². The number of allylic oxidation sites excluding steroid dienone is 1. The minimum Gasteiger partial charge on any atom is -0.344 e. The van der Waals surface area contributed by atoms with Crippen LogP contribution in [0.15, 0.2) is 103 Å². The van der Waals surface area contributed by atoms with Gasteiger partial charge in [-0.25, -0.2) is 4.98 Å². The van der Waals surface area contributed by atoms with Crippen molar-refractivity contribution in [2.75, 3.05) is 10.6 Å². The monoisotopic (exact) mass is 430 g/mol. The fourth-order valence-electron chi connectivity index (χ4n) is 4.74. The molecule has 0 radical (unpaired) electrons. The van der Waals surface area contributed by atoms with Crippen molar-refractivity contribution in [3.63, 3.8) is 0 Å². The molecule has 6 rings (SSSR count). The summed E-state index contributed by atoms with van der Waals surface area (Å²) in [6, 6.07) is 31.7. The summed E-state index contributed by atoms with van der Waals surface area (Å²) in [4.78, 5) is 18.5. The van der Waals surface area contributed by atoms with Gasteiger partial charge in [-0.05, 0) is 47.5 Å². The molecule has 5 aromatic rings. The van der Waals surface area contributed by atoms with E-state index in [1.807, 2.05) is 84.3 Å². The minimum absolute atomic E-state index is 0.132. The van der Waals surface area contributed by atoms with Crippen LogP contribution in [-0.4, -0.2) is 15.5 Å². The molecule has 0 fully saturated rings. The number of imidazole rings is 1. The third-order valence-electron chi connectivity index (χ3n) is 6.26. The predicted molar refractivity (Wildman–Crippen MR) is 134 cm³/mol. The molecule has 160 valence electrons. The van der Waals surface area contributed by atoms with E-state index in [1.165, 1.54) is 0 Å². The second-order valence-corrected chi connectivity index (χ2v) is 8.22. The van der Waals surface area contributed by atoms with Crippen LogP contribution in [0, 0.1) is 0 Å². The molecule has 1 atom stereocenters. The number of aromatic nitrogens is 2. The van der Waals surface area contributed by atoms with Crippen molar-refractivity contribution in [2.45, 2.75) is 13.0 Å². The van der Waals surface area contributed by atoms with Gasteiger partial charge in [-0.1, -0.05) is 72.8 Å². The summed E-state index contributed by atoms with van der Waals surface area (Å²) in [5, 5.41) is 8.91. The maximum atomic E-state index is 13.7. The second-order valence-electron chi connectivity index (χ2n) is 8.22. The van der Waals surface area contributed by atoms with Crippen molar-refractivity contribution >= 4 is 45.0 Å². The highest BCUT2D eigenvalue weighted by Gasteiger charge is 2.33. The summed E-state index contributed by atoms with van der Waals surface area (Å²) in [6.07, 6.45) is 0. The number of hydrogen-bond donors (Lipinski definition) is 2. The van der Waals surface area contributed by atoms with Gasteiger partial charge in [0.15, 0.2) is 0 Å². The quantitative estimate of drug-likeness (QED) is 0.357. The maximum absolute atomic E-state index is 13.7. The van der Waals surface area contributed by atoms with E-state index in [2.05, 4.69) is 34.9 Å². The zero-order chi connectivity index (χ0) is 22.4. The Morgan fingerprint density at radius 3 is 2.48 bits per heavy atom. The molecule has 0 unspecified atom stereocenters. The standard InChI is InChI=1S/C28H22N4O/c1-18-25(27(33)29-20-12-3-2-4-13-20)26(22-15-9-11-19-10-5-6-14-21(19)22)31-28-30-23-16-7-8-17-24(23)32(18)28/h2-17,26H,1H3,(H,29,33)(H,30,31)/t26-/m0/s1. The van der Waals surface area contributed by atoms with Gasteiger partial charge in [0.05, 0.1) is 22.6 Å². The molecule has 0 saturated heterocycles. The first-order chi connectivity index (χ1) is 16.2. The number of para-hydroxylation sites is 3. The van der Waals surface area contributed by atoms with Gasteiger partial charge in [0.1, 0.15) is 0 Å². The number of amides is 1. The Labute approximate surface area is 191 Å². The Morgan fingerprint density at radius 2 is 1.61 bits per heavy atom. The predicted octanol–water partition coefficient (Wildman–Crippen LogP) is 6.23. The smallest absolute Gasteiger partial charge is 0.255 e.